The average molecular weight is 409 g/mol. The minimum Gasteiger partial charge on any atom is -0.481 e. The second-order valence-electron chi connectivity index (χ2n) is 6.42. The molecule has 1 heterocycles. The van der Waals surface area contributed by atoms with Gasteiger partial charge in [0, 0.05) is 18.3 Å². The van der Waals surface area contributed by atoms with Gasteiger partial charge in [0.2, 0.25) is 15.9 Å². The molecule has 2 atom stereocenters. The van der Waals surface area contributed by atoms with E-state index in [1.807, 2.05) is 24.3 Å². The number of nitrogens with zero attached hydrogens (tertiary/aromatic N) is 1. The van der Waals surface area contributed by atoms with Gasteiger partial charge in [0.25, 0.3) is 0 Å². The maximum atomic E-state index is 13.1. The van der Waals surface area contributed by atoms with Crippen molar-refractivity contribution in [1.82, 2.24) is 9.62 Å². The maximum absolute atomic E-state index is 13.1. The molecule has 1 aliphatic heterocycles. The van der Waals surface area contributed by atoms with E-state index in [-0.39, 0.29) is 36.1 Å². The van der Waals surface area contributed by atoms with Crippen molar-refractivity contribution < 1.29 is 23.1 Å². The third kappa shape index (κ3) is 4.26. The number of carbonyl (C=O) groups is 2. The van der Waals surface area contributed by atoms with Gasteiger partial charge in [0.1, 0.15) is 6.04 Å². The van der Waals surface area contributed by atoms with Crippen LogP contribution >= 0.6 is 12.6 Å². The Morgan fingerprint density at radius 2 is 1.89 bits per heavy atom. The van der Waals surface area contributed by atoms with Gasteiger partial charge < -0.3 is 10.4 Å². The normalized spacial score (nSPS) is 20.6. The molecule has 0 aliphatic carbocycles. The van der Waals surface area contributed by atoms with Crippen molar-refractivity contribution in [2.75, 3.05) is 13.1 Å². The lowest BCUT2D eigenvalue weighted by atomic mass is 10.1. The predicted octanol–water partition coefficient (Wildman–Crippen LogP) is 1.49. The number of carboxylic acids is 1. The molecule has 144 valence electrons. The lowest BCUT2D eigenvalue weighted by molar-refractivity contribution is -0.137. The van der Waals surface area contributed by atoms with E-state index in [1.54, 1.807) is 12.1 Å². The first kappa shape index (κ1) is 19.7. The van der Waals surface area contributed by atoms with Crippen LogP contribution < -0.4 is 5.32 Å². The van der Waals surface area contributed by atoms with Gasteiger partial charge in [-0.15, -0.1) is 0 Å². The van der Waals surface area contributed by atoms with Crippen molar-refractivity contribution in [3.8, 4) is 0 Å². The van der Waals surface area contributed by atoms with E-state index >= 15 is 0 Å². The van der Waals surface area contributed by atoms with Crippen LogP contribution in [0, 0.1) is 0 Å². The summed E-state index contributed by atoms with van der Waals surface area (Å²) in [4.78, 5) is 23.1. The number of aliphatic carboxylic acids is 1. The monoisotopic (exact) mass is 408 g/mol. The second kappa shape index (κ2) is 7.87. The summed E-state index contributed by atoms with van der Waals surface area (Å²) >= 11 is 4.35. The molecule has 0 radical (unpaired) electrons. The Balaban J connectivity index is 1.86. The Morgan fingerprint density at radius 3 is 2.59 bits per heavy atom. The Labute approximate surface area is 162 Å². The largest absolute Gasteiger partial charge is 0.481 e. The van der Waals surface area contributed by atoms with Crippen LogP contribution in [0.4, 0.5) is 0 Å². The van der Waals surface area contributed by atoms with Gasteiger partial charge in [-0.05, 0) is 29.3 Å². The minimum atomic E-state index is -3.89. The zero-order valence-corrected chi connectivity index (χ0v) is 16.1. The smallest absolute Gasteiger partial charge is 0.305 e. The highest BCUT2D eigenvalue weighted by molar-refractivity contribution is 7.89. The first-order chi connectivity index (χ1) is 12.8. The molecule has 3 rings (SSSR count). The maximum Gasteiger partial charge on any atom is 0.305 e. The van der Waals surface area contributed by atoms with Crippen molar-refractivity contribution in [1.29, 1.82) is 0 Å². The molecule has 27 heavy (non-hydrogen) atoms. The number of hydrogen-bond donors (Lipinski definition) is 3. The van der Waals surface area contributed by atoms with E-state index in [1.165, 1.54) is 6.07 Å². The fraction of sp³-hybridized carbons (Fsp3) is 0.333. The molecule has 2 N–H and O–H groups in total. The summed E-state index contributed by atoms with van der Waals surface area (Å²) in [6.45, 7) is 0.0705. The van der Waals surface area contributed by atoms with Crippen LogP contribution in [0.25, 0.3) is 10.8 Å². The number of hydrogen-bond acceptors (Lipinski definition) is 5. The van der Waals surface area contributed by atoms with Gasteiger partial charge in [-0.25, -0.2) is 8.42 Å². The molecule has 2 aromatic rings. The van der Waals surface area contributed by atoms with Crippen molar-refractivity contribution in [3.63, 3.8) is 0 Å². The molecule has 1 fully saturated rings. The summed E-state index contributed by atoms with van der Waals surface area (Å²) in [5, 5.41) is 12.6. The van der Waals surface area contributed by atoms with Crippen LogP contribution in [-0.2, 0) is 19.6 Å². The molecule has 9 heteroatoms. The van der Waals surface area contributed by atoms with E-state index in [9.17, 15) is 18.0 Å². The third-order valence-corrected chi connectivity index (χ3v) is 6.75. The van der Waals surface area contributed by atoms with Crippen molar-refractivity contribution in [3.05, 3.63) is 42.5 Å². The van der Waals surface area contributed by atoms with Gasteiger partial charge in [-0.3, -0.25) is 9.59 Å². The van der Waals surface area contributed by atoms with Crippen LogP contribution in [0.3, 0.4) is 0 Å². The first-order valence-corrected chi connectivity index (χ1v) is 10.4. The highest BCUT2D eigenvalue weighted by atomic mass is 32.2. The molecule has 0 bridgehead atoms. The summed E-state index contributed by atoms with van der Waals surface area (Å²) in [6.07, 6.45) is 0.0506. The molecule has 1 amide bonds. The van der Waals surface area contributed by atoms with E-state index in [4.69, 9.17) is 5.11 Å². The fourth-order valence-corrected chi connectivity index (χ4v) is 5.33. The Bertz CT molecular complexity index is 977. The predicted molar refractivity (Wildman–Crippen MR) is 104 cm³/mol. The highest BCUT2D eigenvalue weighted by Crippen LogP contribution is 2.30. The highest BCUT2D eigenvalue weighted by Gasteiger charge is 2.42. The Hall–Kier alpha value is -2.10. The van der Waals surface area contributed by atoms with Gasteiger partial charge in [0.05, 0.1) is 11.3 Å². The molecule has 2 aromatic carbocycles. The molecule has 2 unspecified atom stereocenters. The fourth-order valence-electron chi connectivity index (χ4n) is 3.16. The molecule has 0 saturated carbocycles. The number of amides is 1. The van der Waals surface area contributed by atoms with Crippen LogP contribution in [0.2, 0.25) is 0 Å². The van der Waals surface area contributed by atoms with Crippen molar-refractivity contribution in [2.45, 2.75) is 29.0 Å². The summed E-state index contributed by atoms with van der Waals surface area (Å²) in [5.41, 5.74) is 0. The standard InChI is InChI=1S/C18H20N2O5S2/c21-17(22)7-8-19-18(23)16-10-14(26)11-20(16)27(24,25)15-6-5-12-3-1-2-4-13(12)9-15/h1-6,9,14,16,26H,7-8,10-11H2,(H,19,23)(H,21,22). The molecule has 1 aliphatic rings. The zero-order chi connectivity index (χ0) is 19.6. The van der Waals surface area contributed by atoms with E-state index < -0.39 is 27.9 Å². The Morgan fingerprint density at radius 1 is 1.19 bits per heavy atom. The van der Waals surface area contributed by atoms with Crippen molar-refractivity contribution >= 4 is 45.3 Å². The van der Waals surface area contributed by atoms with E-state index in [2.05, 4.69) is 17.9 Å². The number of carboxylic acid groups (broad SMARTS) is 1. The van der Waals surface area contributed by atoms with E-state index in [0.717, 1.165) is 15.1 Å². The van der Waals surface area contributed by atoms with Crippen LogP contribution in [-0.4, -0.2) is 54.1 Å². The summed E-state index contributed by atoms with van der Waals surface area (Å²) in [5.74, 6) is -1.54. The molecule has 0 spiro atoms. The number of nitrogens with one attached hydrogen (secondary N) is 1. The quantitative estimate of drug-likeness (QED) is 0.629. The molecular formula is C18H20N2O5S2. The lowest BCUT2D eigenvalue weighted by Gasteiger charge is -2.23. The number of fused-ring (bicyclic) bond motifs is 1. The average Bonchev–Trinajstić information content (AvgIpc) is 3.03. The zero-order valence-electron chi connectivity index (χ0n) is 14.4. The Kier molecular flexibility index (Phi) is 5.73. The number of rotatable bonds is 6. The molecule has 7 nitrogen and oxygen atoms in total. The summed E-state index contributed by atoms with van der Waals surface area (Å²) in [7, 11) is -3.89. The third-order valence-electron chi connectivity index (χ3n) is 4.50. The SMILES string of the molecule is O=C(O)CCNC(=O)C1CC(S)CN1S(=O)(=O)c1ccc2ccccc2c1. The van der Waals surface area contributed by atoms with Crippen LogP contribution in [0.5, 0.6) is 0 Å². The van der Waals surface area contributed by atoms with Crippen LogP contribution in [0.1, 0.15) is 12.8 Å². The lowest BCUT2D eigenvalue weighted by Crippen LogP contribution is -2.46. The topological polar surface area (TPSA) is 104 Å². The molecular weight excluding hydrogens is 388 g/mol. The van der Waals surface area contributed by atoms with Gasteiger partial charge in [0.15, 0.2) is 0 Å². The number of benzene rings is 2. The summed E-state index contributed by atoms with van der Waals surface area (Å²) in [6, 6.07) is 11.4. The van der Waals surface area contributed by atoms with Gasteiger partial charge >= 0.3 is 5.97 Å². The number of sulfonamides is 1. The van der Waals surface area contributed by atoms with Crippen LogP contribution in [0.15, 0.2) is 47.4 Å². The summed E-state index contributed by atoms with van der Waals surface area (Å²) < 4.78 is 27.4. The van der Waals surface area contributed by atoms with Gasteiger partial charge in [-0.2, -0.15) is 16.9 Å². The van der Waals surface area contributed by atoms with E-state index in [0.29, 0.717) is 0 Å². The number of thiol groups is 1. The molecule has 0 aromatic heterocycles. The number of carbonyl (C=O) groups excluding carboxylic acids is 1. The van der Waals surface area contributed by atoms with Gasteiger partial charge in [-0.1, -0.05) is 30.3 Å². The second-order valence-corrected chi connectivity index (χ2v) is 9.04. The molecule has 1 saturated heterocycles. The van der Waals surface area contributed by atoms with Crippen molar-refractivity contribution in [2.24, 2.45) is 0 Å². The first-order valence-electron chi connectivity index (χ1n) is 8.47. The minimum absolute atomic E-state index is 0.0498.